The number of pyridine rings is 1. The zero-order valence-corrected chi connectivity index (χ0v) is 19.0. The molecule has 0 spiro atoms. The topological polar surface area (TPSA) is 106 Å². The maximum atomic E-state index is 12.8. The largest absolute Gasteiger partial charge is 0.493 e. The standard InChI is InChI=1S/C25H20N2O6S/c1-32-21-12-17(7-10-20(21)33-15-16-5-8-18(9-6-16)24(29)30)13-22-23(28)27(25(31)34-22)14-19-4-2-3-11-26-19/h2-13H,14-15H2,1H3,(H,29,30)/b22-13-. The van der Waals surface area contributed by atoms with Crippen LogP contribution >= 0.6 is 11.8 Å². The van der Waals surface area contributed by atoms with Crippen LogP contribution < -0.4 is 9.47 Å². The van der Waals surface area contributed by atoms with E-state index < -0.39 is 5.97 Å². The van der Waals surface area contributed by atoms with Crippen LogP contribution in [0.5, 0.6) is 11.5 Å². The number of carbonyl (C=O) groups is 3. The minimum atomic E-state index is -0.987. The number of carboxylic acid groups (broad SMARTS) is 1. The van der Waals surface area contributed by atoms with Gasteiger partial charge in [-0.3, -0.25) is 19.5 Å². The van der Waals surface area contributed by atoms with Crippen molar-refractivity contribution in [1.29, 1.82) is 0 Å². The Balaban J connectivity index is 1.46. The van der Waals surface area contributed by atoms with Gasteiger partial charge in [-0.05, 0) is 65.4 Å². The molecule has 2 amide bonds. The van der Waals surface area contributed by atoms with Gasteiger partial charge in [-0.25, -0.2) is 4.79 Å². The molecule has 1 fully saturated rings. The number of hydrogen-bond acceptors (Lipinski definition) is 7. The molecule has 0 atom stereocenters. The molecule has 8 nitrogen and oxygen atoms in total. The highest BCUT2D eigenvalue weighted by Crippen LogP contribution is 2.35. The number of rotatable bonds is 8. The van der Waals surface area contributed by atoms with E-state index in [1.165, 1.54) is 24.1 Å². The molecular formula is C25H20N2O6S. The van der Waals surface area contributed by atoms with Gasteiger partial charge in [0.1, 0.15) is 6.61 Å². The van der Waals surface area contributed by atoms with E-state index >= 15 is 0 Å². The van der Waals surface area contributed by atoms with Gasteiger partial charge in [0.2, 0.25) is 0 Å². The smallest absolute Gasteiger partial charge is 0.335 e. The van der Waals surface area contributed by atoms with Crippen LogP contribution in [0, 0.1) is 0 Å². The summed E-state index contributed by atoms with van der Waals surface area (Å²) in [6.45, 7) is 0.342. The molecule has 2 heterocycles. The maximum Gasteiger partial charge on any atom is 0.335 e. The second kappa shape index (κ2) is 10.2. The van der Waals surface area contributed by atoms with E-state index in [0.717, 1.165) is 17.3 Å². The summed E-state index contributed by atoms with van der Waals surface area (Å²) in [5, 5.41) is 8.65. The van der Waals surface area contributed by atoms with Crippen LogP contribution in [0.2, 0.25) is 0 Å². The molecule has 1 aliphatic rings. The minimum absolute atomic E-state index is 0.117. The maximum absolute atomic E-state index is 12.8. The molecule has 4 rings (SSSR count). The molecule has 1 saturated heterocycles. The van der Waals surface area contributed by atoms with Crippen LogP contribution in [0.25, 0.3) is 6.08 Å². The molecule has 0 radical (unpaired) electrons. The molecule has 0 bridgehead atoms. The lowest BCUT2D eigenvalue weighted by Crippen LogP contribution is -2.27. The fourth-order valence-corrected chi connectivity index (χ4v) is 4.08. The van der Waals surface area contributed by atoms with Crippen molar-refractivity contribution in [2.75, 3.05) is 7.11 Å². The van der Waals surface area contributed by atoms with Gasteiger partial charge < -0.3 is 14.6 Å². The minimum Gasteiger partial charge on any atom is -0.493 e. The summed E-state index contributed by atoms with van der Waals surface area (Å²) in [5.41, 5.74) is 2.32. The van der Waals surface area contributed by atoms with Gasteiger partial charge in [0.15, 0.2) is 11.5 Å². The number of nitrogens with zero attached hydrogens (tertiary/aromatic N) is 2. The molecule has 172 valence electrons. The van der Waals surface area contributed by atoms with Crippen molar-refractivity contribution in [1.82, 2.24) is 9.88 Å². The quantitative estimate of drug-likeness (QED) is 0.470. The Hall–Kier alpha value is -4.11. The number of ether oxygens (including phenoxy) is 2. The highest BCUT2D eigenvalue weighted by Gasteiger charge is 2.35. The predicted octanol–water partition coefficient (Wildman–Crippen LogP) is 4.60. The number of benzene rings is 2. The van der Waals surface area contributed by atoms with Crippen LogP contribution in [-0.2, 0) is 17.9 Å². The van der Waals surface area contributed by atoms with Crippen LogP contribution in [0.15, 0.2) is 71.8 Å². The zero-order chi connectivity index (χ0) is 24.1. The zero-order valence-electron chi connectivity index (χ0n) is 18.1. The number of carboxylic acids is 1. The van der Waals surface area contributed by atoms with E-state index in [4.69, 9.17) is 14.6 Å². The number of methoxy groups -OCH3 is 1. The number of carbonyl (C=O) groups excluding carboxylic acids is 2. The van der Waals surface area contributed by atoms with Gasteiger partial charge in [-0.2, -0.15) is 0 Å². The van der Waals surface area contributed by atoms with E-state index in [1.807, 2.05) is 0 Å². The third-order valence-corrected chi connectivity index (χ3v) is 5.91. The Morgan fingerprint density at radius 1 is 1.09 bits per heavy atom. The van der Waals surface area contributed by atoms with E-state index in [1.54, 1.807) is 60.8 Å². The Morgan fingerprint density at radius 3 is 2.56 bits per heavy atom. The van der Waals surface area contributed by atoms with Crippen LogP contribution in [0.1, 0.15) is 27.2 Å². The second-order valence-corrected chi connectivity index (χ2v) is 8.28. The average Bonchev–Trinajstić information content (AvgIpc) is 3.11. The van der Waals surface area contributed by atoms with Crippen molar-refractivity contribution in [2.45, 2.75) is 13.2 Å². The molecule has 3 aromatic rings. The molecule has 1 aliphatic heterocycles. The van der Waals surface area contributed by atoms with Gasteiger partial charge in [0.05, 0.1) is 29.8 Å². The van der Waals surface area contributed by atoms with Crippen molar-refractivity contribution in [3.05, 3.63) is 94.1 Å². The highest BCUT2D eigenvalue weighted by atomic mass is 32.2. The summed E-state index contributed by atoms with van der Waals surface area (Å²) in [6.07, 6.45) is 3.26. The number of aromatic nitrogens is 1. The second-order valence-electron chi connectivity index (χ2n) is 7.29. The lowest BCUT2D eigenvalue weighted by molar-refractivity contribution is -0.123. The fraction of sp³-hybridized carbons (Fsp3) is 0.120. The van der Waals surface area contributed by atoms with Gasteiger partial charge in [0, 0.05) is 6.20 Å². The molecule has 0 saturated carbocycles. The fourth-order valence-electron chi connectivity index (χ4n) is 3.24. The van der Waals surface area contributed by atoms with Crippen molar-refractivity contribution in [3.63, 3.8) is 0 Å². The summed E-state index contributed by atoms with van der Waals surface area (Å²) < 4.78 is 11.3. The summed E-state index contributed by atoms with van der Waals surface area (Å²) in [6, 6.07) is 16.9. The van der Waals surface area contributed by atoms with Gasteiger partial charge >= 0.3 is 5.97 Å². The third-order valence-electron chi connectivity index (χ3n) is 5.00. The number of thioether (sulfide) groups is 1. The highest BCUT2D eigenvalue weighted by molar-refractivity contribution is 8.18. The van der Waals surface area contributed by atoms with Gasteiger partial charge in [0.25, 0.3) is 11.1 Å². The van der Waals surface area contributed by atoms with Gasteiger partial charge in [-0.1, -0.05) is 24.3 Å². The molecule has 34 heavy (non-hydrogen) atoms. The third kappa shape index (κ3) is 5.26. The summed E-state index contributed by atoms with van der Waals surface area (Å²) in [5.74, 6) is -0.405. The van der Waals surface area contributed by atoms with Crippen LogP contribution in [0.3, 0.4) is 0 Å². The molecular weight excluding hydrogens is 456 g/mol. The Bertz CT molecular complexity index is 1260. The molecule has 0 unspecified atom stereocenters. The molecule has 1 N–H and O–H groups in total. The summed E-state index contributed by atoms with van der Waals surface area (Å²) in [4.78, 5) is 41.8. The first-order chi connectivity index (χ1) is 16.4. The van der Waals surface area contributed by atoms with Crippen molar-refractivity contribution in [2.24, 2.45) is 0 Å². The lowest BCUT2D eigenvalue weighted by atomic mass is 10.1. The van der Waals surface area contributed by atoms with Crippen LogP contribution in [0.4, 0.5) is 4.79 Å². The Morgan fingerprint density at radius 2 is 1.88 bits per heavy atom. The van der Waals surface area contributed by atoms with E-state index in [2.05, 4.69) is 4.98 Å². The monoisotopic (exact) mass is 476 g/mol. The van der Waals surface area contributed by atoms with Crippen LogP contribution in [-0.4, -0.2) is 39.2 Å². The summed E-state index contributed by atoms with van der Waals surface area (Å²) in [7, 11) is 1.51. The lowest BCUT2D eigenvalue weighted by Gasteiger charge is -2.12. The normalized spacial score (nSPS) is 14.5. The average molecular weight is 477 g/mol. The number of aromatic carboxylic acids is 1. The number of hydrogen-bond donors (Lipinski definition) is 1. The predicted molar refractivity (Wildman–Crippen MR) is 126 cm³/mol. The first kappa shape index (κ1) is 23.1. The first-order valence-electron chi connectivity index (χ1n) is 10.2. The van der Waals surface area contributed by atoms with Crippen molar-refractivity contribution in [3.8, 4) is 11.5 Å². The van der Waals surface area contributed by atoms with Crippen molar-refractivity contribution >= 4 is 35.0 Å². The Labute approximate surface area is 199 Å². The summed E-state index contributed by atoms with van der Waals surface area (Å²) >= 11 is 0.881. The van der Waals surface area contributed by atoms with Gasteiger partial charge in [-0.15, -0.1) is 0 Å². The SMILES string of the molecule is COc1cc(/C=C2\SC(=O)N(Cc3ccccn3)C2=O)ccc1OCc1ccc(C(=O)O)cc1. The first-order valence-corrected chi connectivity index (χ1v) is 11.0. The van der Waals surface area contributed by atoms with E-state index in [9.17, 15) is 14.4 Å². The molecule has 0 aliphatic carbocycles. The van der Waals surface area contributed by atoms with Crippen molar-refractivity contribution < 1.29 is 29.0 Å². The molecule has 1 aromatic heterocycles. The molecule has 2 aromatic carbocycles. The number of imide groups is 1. The Kier molecular flexibility index (Phi) is 6.93. The van der Waals surface area contributed by atoms with E-state index in [-0.39, 0.29) is 29.9 Å². The number of amides is 2. The molecule has 9 heteroatoms. The van der Waals surface area contributed by atoms with E-state index in [0.29, 0.717) is 27.7 Å².